The fourth-order valence-electron chi connectivity index (χ4n) is 3.51. The van der Waals surface area contributed by atoms with Crippen molar-refractivity contribution in [3.63, 3.8) is 0 Å². The van der Waals surface area contributed by atoms with Crippen LogP contribution in [0.5, 0.6) is 0 Å². The van der Waals surface area contributed by atoms with Crippen LogP contribution in [-0.4, -0.2) is 39.4 Å². The quantitative estimate of drug-likeness (QED) is 0.534. The van der Waals surface area contributed by atoms with Gasteiger partial charge >= 0.3 is 18.9 Å². The molecule has 0 unspecified atom stereocenters. The van der Waals surface area contributed by atoms with Crippen molar-refractivity contribution in [3.8, 4) is 11.1 Å². The molecular formula is C20H16ClFLiN3O3. The predicted molar refractivity (Wildman–Crippen MR) is 100 cm³/mol. The smallest absolute Gasteiger partial charge is 0.543 e. The van der Waals surface area contributed by atoms with Crippen LogP contribution in [-0.2, 0) is 11.3 Å². The van der Waals surface area contributed by atoms with Crippen molar-refractivity contribution < 1.29 is 37.9 Å². The van der Waals surface area contributed by atoms with E-state index >= 15 is 0 Å². The number of aromatic nitrogens is 2. The number of hydrogen-bond donors (Lipinski definition) is 0. The summed E-state index contributed by atoms with van der Waals surface area (Å²) in [6.07, 6.45) is 3.18. The van der Waals surface area contributed by atoms with Crippen molar-refractivity contribution in [1.29, 1.82) is 0 Å². The van der Waals surface area contributed by atoms with Crippen LogP contribution in [0.25, 0.3) is 22.2 Å². The summed E-state index contributed by atoms with van der Waals surface area (Å²) in [6.45, 7) is 1.65. The Kier molecular flexibility index (Phi) is 6.32. The van der Waals surface area contributed by atoms with Gasteiger partial charge in [0.1, 0.15) is 11.5 Å². The van der Waals surface area contributed by atoms with Crippen LogP contribution in [0.3, 0.4) is 0 Å². The molecule has 0 radical (unpaired) electrons. The summed E-state index contributed by atoms with van der Waals surface area (Å²) < 4.78 is 15.7. The number of nitrogens with zero attached hydrogens (tertiary/aromatic N) is 3. The Bertz CT molecular complexity index is 1100. The van der Waals surface area contributed by atoms with Gasteiger partial charge in [0.2, 0.25) is 5.91 Å². The van der Waals surface area contributed by atoms with Crippen molar-refractivity contribution >= 4 is 34.5 Å². The first-order valence-corrected chi connectivity index (χ1v) is 9.26. The van der Waals surface area contributed by atoms with Crippen LogP contribution >= 0.6 is 11.6 Å². The van der Waals surface area contributed by atoms with E-state index in [1.165, 1.54) is 18.2 Å². The number of carboxylic acid groups (broad SMARTS) is 1. The van der Waals surface area contributed by atoms with E-state index in [4.69, 9.17) is 11.6 Å². The van der Waals surface area contributed by atoms with Gasteiger partial charge in [-0.3, -0.25) is 4.79 Å². The molecule has 144 valence electrons. The number of halogens is 2. The third-order valence-electron chi connectivity index (χ3n) is 4.94. The Morgan fingerprint density at radius 2 is 2.03 bits per heavy atom. The van der Waals surface area contributed by atoms with E-state index in [9.17, 15) is 19.1 Å². The van der Waals surface area contributed by atoms with Gasteiger partial charge in [-0.1, -0.05) is 17.7 Å². The number of likely N-dealkylation sites (tertiary alicyclic amines) is 1. The summed E-state index contributed by atoms with van der Waals surface area (Å²) in [5.41, 5.74) is 1.57. The molecule has 1 aliphatic rings. The van der Waals surface area contributed by atoms with Crippen LogP contribution in [0, 0.1) is 5.82 Å². The summed E-state index contributed by atoms with van der Waals surface area (Å²) in [4.78, 5) is 29.1. The number of benzene rings is 1. The molecule has 0 N–H and O–H groups in total. The number of carbonyl (C=O) groups is 2. The molecule has 0 aliphatic carbocycles. The Hall–Kier alpha value is -2.33. The molecule has 0 spiro atoms. The molecule has 4 rings (SSSR count). The second-order valence-electron chi connectivity index (χ2n) is 6.70. The zero-order valence-electron chi connectivity index (χ0n) is 15.8. The molecule has 0 bridgehead atoms. The van der Waals surface area contributed by atoms with Gasteiger partial charge in [-0.2, -0.15) is 0 Å². The first kappa shape index (κ1) is 21.4. The molecule has 29 heavy (non-hydrogen) atoms. The minimum atomic E-state index is -1.37. The van der Waals surface area contributed by atoms with E-state index in [1.807, 2.05) is 0 Å². The minimum Gasteiger partial charge on any atom is -0.543 e. The number of rotatable bonds is 5. The van der Waals surface area contributed by atoms with Crippen molar-refractivity contribution in [1.82, 2.24) is 14.5 Å². The average Bonchev–Trinajstić information content (AvgIpc) is 3.25. The van der Waals surface area contributed by atoms with Gasteiger partial charge in [-0.15, -0.1) is 0 Å². The van der Waals surface area contributed by atoms with E-state index in [-0.39, 0.29) is 35.5 Å². The number of fused-ring (bicyclic) bond motifs is 1. The van der Waals surface area contributed by atoms with Gasteiger partial charge in [-0.05, 0) is 36.2 Å². The molecule has 2 aromatic heterocycles. The molecule has 1 saturated heterocycles. The summed E-state index contributed by atoms with van der Waals surface area (Å²) in [6, 6.07) is 7.50. The third-order valence-corrected chi connectivity index (χ3v) is 5.25. The van der Waals surface area contributed by atoms with E-state index in [1.54, 1.807) is 27.8 Å². The predicted octanol–water partition coefficient (Wildman–Crippen LogP) is -0.514. The maximum atomic E-state index is 14.0. The largest absolute Gasteiger partial charge is 1.00 e. The monoisotopic (exact) mass is 407 g/mol. The van der Waals surface area contributed by atoms with Gasteiger partial charge in [-0.25, -0.2) is 9.37 Å². The number of aromatic carboxylic acids is 1. The second-order valence-corrected chi connectivity index (χ2v) is 7.11. The molecule has 3 heterocycles. The van der Waals surface area contributed by atoms with Gasteiger partial charge in [0, 0.05) is 43.2 Å². The number of amides is 1. The van der Waals surface area contributed by atoms with Crippen molar-refractivity contribution in [2.45, 2.75) is 19.4 Å². The average molecular weight is 408 g/mol. The molecule has 6 nitrogen and oxygen atoms in total. The first-order valence-electron chi connectivity index (χ1n) is 8.88. The van der Waals surface area contributed by atoms with E-state index in [0.717, 1.165) is 6.42 Å². The molecule has 1 aliphatic heterocycles. The van der Waals surface area contributed by atoms with Crippen molar-refractivity contribution in [2.75, 3.05) is 13.1 Å². The summed E-state index contributed by atoms with van der Waals surface area (Å²) in [5, 5.41) is 11.9. The summed E-state index contributed by atoms with van der Waals surface area (Å²) in [7, 11) is 0. The number of carbonyl (C=O) groups excluding carboxylic acids is 2. The first-order chi connectivity index (χ1) is 13.4. The van der Waals surface area contributed by atoms with E-state index < -0.39 is 11.8 Å². The fraction of sp³-hybridized carbons (Fsp3) is 0.250. The van der Waals surface area contributed by atoms with Crippen molar-refractivity contribution in [2.24, 2.45) is 0 Å². The molecule has 9 heteroatoms. The summed E-state index contributed by atoms with van der Waals surface area (Å²) in [5.74, 6) is -1.80. The Morgan fingerprint density at radius 1 is 1.24 bits per heavy atom. The second kappa shape index (κ2) is 8.58. The van der Waals surface area contributed by atoms with E-state index in [0.29, 0.717) is 48.2 Å². The Morgan fingerprint density at radius 3 is 2.69 bits per heavy atom. The van der Waals surface area contributed by atoms with E-state index in [2.05, 4.69) is 4.98 Å². The van der Waals surface area contributed by atoms with Gasteiger partial charge in [0.05, 0.1) is 16.7 Å². The topological polar surface area (TPSA) is 78.3 Å². The van der Waals surface area contributed by atoms with Crippen LogP contribution < -0.4 is 24.0 Å². The number of carboxylic acids is 1. The summed E-state index contributed by atoms with van der Waals surface area (Å²) >= 11 is 5.78. The fourth-order valence-corrected chi connectivity index (χ4v) is 3.63. The minimum absolute atomic E-state index is 0. The normalized spacial score (nSPS) is 13.7. The van der Waals surface area contributed by atoms with Crippen LogP contribution in [0.4, 0.5) is 4.39 Å². The zero-order chi connectivity index (χ0) is 19.8. The maximum Gasteiger partial charge on any atom is 1.00 e. The molecular weight excluding hydrogens is 392 g/mol. The zero-order valence-corrected chi connectivity index (χ0v) is 16.6. The van der Waals surface area contributed by atoms with Gasteiger partial charge < -0.3 is 19.4 Å². The Balaban J connectivity index is 0.00000240. The van der Waals surface area contributed by atoms with Crippen LogP contribution in [0.1, 0.15) is 23.3 Å². The molecule has 1 fully saturated rings. The SMILES string of the molecule is O=C([O-])c1ccc2c(-c3ccc(Cl)c(F)c3)cn(CCN3CCCC3=O)c2n1.[Li+]. The van der Waals surface area contributed by atoms with Crippen LogP contribution in [0.15, 0.2) is 36.5 Å². The maximum absolute atomic E-state index is 14.0. The molecule has 0 saturated carbocycles. The Labute approximate surface area is 183 Å². The number of hydrogen-bond acceptors (Lipinski definition) is 4. The molecule has 3 aromatic rings. The molecule has 0 atom stereocenters. The third kappa shape index (κ3) is 4.18. The number of pyridine rings is 1. The standard InChI is InChI=1S/C20H17ClFN3O3.Li/c21-15-5-3-12(10-16(15)22)14-11-25(9-8-24-7-1-2-18(24)26)19-13(14)4-6-17(23-19)20(27)28;/h3-6,10-11H,1-2,7-9H2,(H,27,28);/q;+1/p-1. The van der Waals surface area contributed by atoms with Gasteiger partial charge in [0.25, 0.3) is 0 Å². The van der Waals surface area contributed by atoms with Gasteiger partial charge in [0.15, 0.2) is 0 Å². The van der Waals surface area contributed by atoms with Crippen LogP contribution in [0.2, 0.25) is 5.02 Å². The molecule has 1 aromatic carbocycles. The van der Waals surface area contributed by atoms with Crippen molar-refractivity contribution in [3.05, 3.63) is 53.1 Å². The molecule has 1 amide bonds.